The lowest BCUT2D eigenvalue weighted by Crippen LogP contribution is -2.02. The molecule has 2 aromatic rings. The van der Waals surface area contributed by atoms with Crippen LogP contribution in [0.3, 0.4) is 0 Å². The summed E-state index contributed by atoms with van der Waals surface area (Å²) in [5.74, 6) is 1.14. The summed E-state index contributed by atoms with van der Waals surface area (Å²) in [6.45, 7) is 5.06. The van der Waals surface area contributed by atoms with Crippen LogP contribution < -0.4 is 9.47 Å². The fraction of sp³-hybridized carbons (Fsp3) is 0.238. The van der Waals surface area contributed by atoms with Crippen molar-refractivity contribution in [3.05, 3.63) is 65.2 Å². The van der Waals surface area contributed by atoms with Gasteiger partial charge in [0.1, 0.15) is 0 Å². The number of carbonyl (C=O) groups is 1. The van der Waals surface area contributed by atoms with Crippen molar-refractivity contribution in [2.75, 3.05) is 13.2 Å². The number of nitrogens with zero attached hydrogens (tertiary/aromatic N) is 1. The van der Waals surface area contributed by atoms with Gasteiger partial charge in [-0.2, -0.15) is 5.26 Å². The van der Waals surface area contributed by atoms with Gasteiger partial charge in [0.05, 0.1) is 24.8 Å². The van der Waals surface area contributed by atoms with Crippen molar-refractivity contribution in [1.82, 2.24) is 0 Å². The summed E-state index contributed by atoms with van der Waals surface area (Å²) in [6.07, 6.45) is 4.08. The monoisotopic (exact) mass is 335 g/mol. The molecule has 0 spiro atoms. The summed E-state index contributed by atoms with van der Waals surface area (Å²) in [6, 6.07) is 14.3. The first kappa shape index (κ1) is 18.3. The third-order valence-electron chi connectivity index (χ3n) is 3.45. The lowest BCUT2D eigenvalue weighted by molar-refractivity contribution is 0.104. The van der Waals surface area contributed by atoms with Crippen LogP contribution >= 0.6 is 0 Å². The van der Waals surface area contributed by atoms with E-state index in [1.165, 1.54) is 6.08 Å². The average molecular weight is 335 g/mol. The molecule has 0 aliphatic rings. The maximum absolute atomic E-state index is 12.4. The van der Waals surface area contributed by atoms with Crippen LogP contribution in [0.2, 0.25) is 0 Å². The van der Waals surface area contributed by atoms with E-state index in [1.807, 2.05) is 38.1 Å². The second kappa shape index (κ2) is 9.29. The molecule has 4 heteroatoms. The first-order chi connectivity index (χ1) is 12.2. The molecule has 0 radical (unpaired) electrons. The average Bonchev–Trinajstić information content (AvgIpc) is 2.65. The molecule has 0 aromatic heterocycles. The van der Waals surface area contributed by atoms with Gasteiger partial charge in [0.15, 0.2) is 17.3 Å². The maximum Gasteiger partial charge on any atom is 0.185 e. The summed E-state index contributed by atoms with van der Waals surface area (Å²) in [5.41, 5.74) is 1.72. The van der Waals surface area contributed by atoms with E-state index in [1.54, 1.807) is 30.3 Å². The standard InChI is InChI=1S/C21H21NO3/c1-3-13-25-21-17(8-6-10-20(21)24-4-2)11-12-19(23)18-9-5-7-16(14-18)15-22/h5-12,14H,3-4,13H2,1-2H3/b12-11+. The minimum absolute atomic E-state index is 0.166. The van der Waals surface area contributed by atoms with Crippen LogP contribution in [0.4, 0.5) is 0 Å². The van der Waals surface area contributed by atoms with Crippen LogP contribution in [0.25, 0.3) is 6.08 Å². The summed E-state index contributed by atoms with van der Waals surface area (Å²) in [5, 5.41) is 8.94. The van der Waals surface area contributed by atoms with Gasteiger partial charge >= 0.3 is 0 Å². The SMILES string of the molecule is CCCOc1c(/C=C/C(=O)c2cccc(C#N)c2)cccc1OCC. The molecule has 0 saturated heterocycles. The molecule has 4 nitrogen and oxygen atoms in total. The van der Waals surface area contributed by atoms with E-state index in [2.05, 4.69) is 0 Å². The highest BCUT2D eigenvalue weighted by Crippen LogP contribution is 2.32. The van der Waals surface area contributed by atoms with Crippen molar-refractivity contribution in [3.8, 4) is 17.6 Å². The largest absolute Gasteiger partial charge is 0.490 e. The van der Waals surface area contributed by atoms with E-state index in [0.29, 0.717) is 35.8 Å². The minimum Gasteiger partial charge on any atom is -0.490 e. The normalized spacial score (nSPS) is 10.4. The minimum atomic E-state index is -0.166. The molecule has 0 bridgehead atoms. The highest BCUT2D eigenvalue weighted by Gasteiger charge is 2.10. The van der Waals surface area contributed by atoms with Crippen molar-refractivity contribution in [2.24, 2.45) is 0 Å². The quantitative estimate of drug-likeness (QED) is 0.521. The van der Waals surface area contributed by atoms with Gasteiger partial charge in [-0.25, -0.2) is 0 Å². The van der Waals surface area contributed by atoms with E-state index in [0.717, 1.165) is 12.0 Å². The summed E-state index contributed by atoms with van der Waals surface area (Å²) >= 11 is 0. The number of hydrogen-bond donors (Lipinski definition) is 0. The zero-order valence-electron chi connectivity index (χ0n) is 14.5. The highest BCUT2D eigenvalue weighted by atomic mass is 16.5. The molecule has 0 fully saturated rings. The molecule has 0 saturated carbocycles. The van der Waals surface area contributed by atoms with Gasteiger partial charge in [-0.05, 0) is 43.7 Å². The molecular formula is C21H21NO3. The molecule has 0 unspecified atom stereocenters. The second-order valence-electron chi connectivity index (χ2n) is 5.35. The molecule has 0 aliphatic heterocycles. The Morgan fingerprint density at radius 2 is 1.96 bits per heavy atom. The number of carbonyl (C=O) groups excluding carboxylic acids is 1. The van der Waals surface area contributed by atoms with Crippen LogP contribution in [-0.4, -0.2) is 19.0 Å². The Morgan fingerprint density at radius 3 is 2.68 bits per heavy atom. The van der Waals surface area contributed by atoms with E-state index >= 15 is 0 Å². The molecule has 0 amide bonds. The summed E-state index contributed by atoms with van der Waals surface area (Å²) < 4.78 is 11.4. The fourth-order valence-corrected chi connectivity index (χ4v) is 2.30. The maximum atomic E-state index is 12.4. The Labute approximate surface area is 148 Å². The van der Waals surface area contributed by atoms with Crippen LogP contribution in [0.5, 0.6) is 11.5 Å². The van der Waals surface area contributed by atoms with Gasteiger partial charge < -0.3 is 9.47 Å². The van der Waals surface area contributed by atoms with Crippen LogP contribution in [-0.2, 0) is 0 Å². The van der Waals surface area contributed by atoms with E-state index in [4.69, 9.17) is 14.7 Å². The Kier molecular flexibility index (Phi) is 6.79. The molecule has 0 atom stereocenters. The number of benzene rings is 2. The van der Waals surface area contributed by atoms with E-state index in [-0.39, 0.29) is 5.78 Å². The topological polar surface area (TPSA) is 59.3 Å². The molecule has 2 aromatic carbocycles. The molecule has 0 heterocycles. The molecular weight excluding hydrogens is 314 g/mol. The molecule has 2 rings (SSSR count). The van der Waals surface area contributed by atoms with E-state index in [9.17, 15) is 4.79 Å². The number of ether oxygens (including phenoxy) is 2. The van der Waals surface area contributed by atoms with Gasteiger partial charge in [0, 0.05) is 11.1 Å². The van der Waals surface area contributed by atoms with Crippen LogP contribution in [0, 0.1) is 11.3 Å². The molecule has 128 valence electrons. The summed E-state index contributed by atoms with van der Waals surface area (Å²) in [7, 11) is 0. The van der Waals surface area contributed by atoms with Crippen molar-refractivity contribution in [3.63, 3.8) is 0 Å². The zero-order valence-corrected chi connectivity index (χ0v) is 14.5. The smallest absolute Gasteiger partial charge is 0.185 e. The number of rotatable bonds is 8. The zero-order chi connectivity index (χ0) is 18.1. The van der Waals surface area contributed by atoms with Crippen LogP contribution in [0.1, 0.15) is 41.8 Å². The number of nitriles is 1. The number of hydrogen-bond acceptors (Lipinski definition) is 4. The van der Waals surface area contributed by atoms with Gasteiger partial charge in [-0.1, -0.05) is 31.2 Å². The predicted molar refractivity (Wildman–Crippen MR) is 97.9 cm³/mol. The fourth-order valence-electron chi connectivity index (χ4n) is 2.30. The van der Waals surface area contributed by atoms with Gasteiger partial charge in [0.25, 0.3) is 0 Å². The molecule has 25 heavy (non-hydrogen) atoms. The third-order valence-corrected chi connectivity index (χ3v) is 3.45. The Balaban J connectivity index is 2.28. The second-order valence-corrected chi connectivity index (χ2v) is 5.35. The van der Waals surface area contributed by atoms with Gasteiger partial charge in [0.2, 0.25) is 0 Å². The van der Waals surface area contributed by atoms with Crippen molar-refractivity contribution in [1.29, 1.82) is 5.26 Å². The molecule has 0 N–H and O–H groups in total. The highest BCUT2D eigenvalue weighted by molar-refractivity contribution is 6.07. The number of ketones is 1. The van der Waals surface area contributed by atoms with Gasteiger partial charge in [-0.15, -0.1) is 0 Å². The van der Waals surface area contributed by atoms with Crippen molar-refractivity contribution < 1.29 is 14.3 Å². The lowest BCUT2D eigenvalue weighted by atomic mass is 10.1. The lowest BCUT2D eigenvalue weighted by Gasteiger charge is -2.13. The van der Waals surface area contributed by atoms with Gasteiger partial charge in [-0.3, -0.25) is 4.79 Å². The molecule has 0 aliphatic carbocycles. The summed E-state index contributed by atoms with van der Waals surface area (Å²) in [4.78, 5) is 12.4. The first-order valence-corrected chi connectivity index (χ1v) is 8.30. The van der Waals surface area contributed by atoms with Crippen molar-refractivity contribution in [2.45, 2.75) is 20.3 Å². The Hall–Kier alpha value is -3.06. The Morgan fingerprint density at radius 1 is 1.16 bits per heavy atom. The van der Waals surface area contributed by atoms with E-state index < -0.39 is 0 Å². The third kappa shape index (κ3) is 4.95. The predicted octanol–water partition coefficient (Wildman–Crippen LogP) is 4.64. The number of allylic oxidation sites excluding steroid dienone is 1. The number of para-hydroxylation sites is 1. The van der Waals surface area contributed by atoms with Crippen LogP contribution in [0.15, 0.2) is 48.5 Å². The first-order valence-electron chi connectivity index (χ1n) is 8.30. The Bertz CT molecular complexity index is 803. The van der Waals surface area contributed by atoms with Crippen molar-refractivity contribution >= 4 is 11.9 Å².